The topological polar surface area (TPSA) is 51.2 Å². The molecule has 1 heterocycles. The van der Waals surface area contributed by atoms with Crippen LogP contribution in [0.2, 0.25) is 0 Å². The van der Waals surface area contributed by atoms with Crippen LogP contribution in [0.3, 0.4) is 0 Å². The molecule has 0 aromatic carbocycles. The molecule has 3 N–H and O–H groups in total. The molecule has 2 unspecified atom stereocenters. The summed E-state index contributed by atoms with van der Waals surface area (Å²) in [7, 11) is 0. The smallest absolute Gasteiger partial charge is 0.105 e. The Kier molecular flexibility index (Phi) is 2.37. The molecule has 0 bridgehead atoms. The maximum absolute atomic E-state index is 5.56. The maximum atomic E-state index is 5.56. The van der Waals surface area contributed by atoms with E-state index in [4.69, 9.17) is 10.3 Å². The van der Waals surface area contributed by atoms with E-state index in [0.29, 0.717) is 17.4 Å². The van der Waals surface area contributed by atoms with E-state index >= 15 is 0 Å². The minimum Gasteiger partial charge on any atom is -0.469 e. The fraction of sp³-hybridized carbons (Fsp3) is 0.636. The first kappa shape index (κ1) is 9.74. The van der Waals surface area contributed by atoms with Crippen LogP contribution in [0.5, 0.6) is 0 Å². The zero-order valence-electron chi connectivity index (χ0n) is 8.79. The average molecular weight is 194 g/mol. The van der Waals surface area contributed by atoms with E-state index in [1.165, 1.54) is 6.42 Å². The summed E-state index contributed by atoms with van der Waals surface area (Å²) in [5.74, 6) is 7.25. The standard InChI is InChI=1S/C11H18N2O/c1-11(2)7-9(11)10(13-12)6-8-4-3-5-14-8/h3-5,9-10,13H,6-7,12H2,1-2H3. The summed E-state index contributed by atoms with van der Waals surface area (Å²) in [6.45, 7) is 4.56. The van der Waals surface area contributed by atoms with Gasteiger partial charge in [-0.15, -0.1) is 0 Å². The SMILES string of the molecule is CC1(C)CC1C(Cc1ccco1)NN. The number of furan rings is 1. The Labute approximate surface area is 84.6 Å². The van der Waals surface area contributed by atoms with Crippen LogP contribution in [-0.2, 0) is 6.42 Å². The van der Waals surface area contributed by atoms with Gasteiger partial charge in [0.2, 0.25) is 0 Å². The second-order valence-corrected chi connectivity index (χ2v) is 4.86. The first-order chi connectivity index (χ1) is 6.63. The molecule has 0 amide bonds. The molecular weight excluding hydrogens is 176 g/mol. The van der Waals surface area contributed by atoms with E-state index in [9.17, 15) is 0 Å². The summed E-state index contributed by atoms with van der Waals surface area (Å²) in [5, 5.41) is 0. The summed E-state index contributed by atoms with van der Waals surface area (Å²) in [5.41, 5.74) is 3.35. The van der Waals surface area contributed by atoms with Crippen molar-refractivity contribution in [3.05, 3.63) is 24.2 Å². The highest BCUT2D eigenvalue weighted by Gasteiger charge is 2.49. The van der Waals surface area contributed by atoms with Gasteiger partial charge < -0.3 is 4.42 Å². The van der Waals surface area contributed by atoms with Gasteiger partial charge >= 0.3 is 0 Å². The molecule has 3 nitrogen and oxygen atoms in total. The quantitative estimate of drug-likeness (QED) is 0.566. The molecule has 1 aromatic rings. The van der Waals surface area contributed by atoms with E-state index in [1.54, 1.807) is 6.26 Å². The van der Waals surface area contributed by atoms with E-state index < -0.39 is 0 Å². The highest BCUT2D eigenvalue weighted by Crippen LogP contribution is 2.53. The second-order valence-electron chi connectivity index (χ2n) is 4.86. The van der Waals surface area contributed by atoms with Gasteiger partial charge in [-0.1, -0.05) is 13.8 Å². The number of hydrogen-bond donors (Lipinski definition) is 2. The molecule has 2 rings (SSSR count). The molecular formula is C11H18N2O. The Morgan fingerprint density at radius 1 is 1.71 bits per heavy atom. The molecule has 1 saturated carbocycles. The van der Waals surface area contributed by atoms with Gasteiger partial charge in [-0.3, -0.25) is 11.3 Å². The number of rotatable bonds is 4. The highest BCUT2D eigenvalue weighted by atomic mass is 16.3. The normalized spacial score (nSPS) is 26.1. The molecule has 1 aromatic heterocycles. The lowest BCUT2D eigenvalue weighted by Gasteiger charge is -2.16. The average Bonchev–Trinajstić information content (AvgIpc) is 2.62. The van der Waals surface area contributed by atoms with E-state index in [2.05, 4.69) is 19.3 Å². The van der Waals surface area contributed by atoms with Crippen LogP contribution in [0.4, 0.5) is 0 Å². The van der Waals surface area contributed by atoms with Crippen molar-refractivity contribution >= 4 is 0 Å². The van der Waals surface area contributed by atoms with Gasteiger partial charge in [-0.2, -0.15) is 0 Å². The van der Waals surface area contributed by atoms with Crippen LogP contribution in [0.1, 0.15) is 26.0 Å². The molecule has 0 saturated heterocycles. The molecule has 1 aliphatic carbocycles. The lowest BCUT2D eigenvalue weighted by atomic mass is 10.0. The van der Waals surface area contributed by atoms with E-state index in [-0.39, 0.29) is 0 Å². The molecule has 14 heavy (non-hydrogen) atoms. The Morgan fingerprint density at radius 3 is 2.86 bits per heavy atom. The lowest BCUT2D eigenvalue weighted by Crippen LogP contribution is -2.39. The molecule has 3 heteroatoms. The Morgan fingerprint density at radius 2 is 2.43 bits per heavy atom. The number of hydrogen-bond acceptors (Lipinski definition) is 3. The Balaban J connectivity index is 1.95. The summed E-state index contributed by atoms with van der Waals surface area (Å²) < 4.78 is 5.32. The van der Waals surface area contributed by atoms with Crippen molar-refractivity contribution in [3.63, 3.8) is 0 Å². The fourth-order valence-electron chi connectivity index (χ4n) is 2.16. The van der Waals surface area contributed by atoms with Crippen molar-refractivity contribution in [2.24, 2.45) is 17.2 Å². The van der Waals surface area contributed by atoms with Crippen molar-refractivity contribution < 1.29 is 4.42 Å². The number of hydrazine groups is 1. The van der Waals surface area contributed by atoms with Crippen LogP contribution in [0.25, 0.3) is 0 Å². The second kappa shape index (κ2) is 3.41. The molecule has 2 atom stereocenters. The summed E-state index contributed by atoms with van der Waals surface area (Å²) in [6, 6.07) is 4.26. The monoisotopic (exact) mass is 194 g/mol. The summed E-state index contributed by atoms with van der Waals surface area (Å²) in [6.07, 6.45) is 3.85. The maximum Gasteiger partial charge on any atom is 0.105 e. The minimum absolute atomic E-state index is 0.344. The van der Waals surface area contributed by atoms with Gasteiger partial charge in [0.1, 0.15) is 5.76 Å². The molecule has 78 valence electrons. The van der Waals surface area contributed by atoms with Crippen molar-refractivity contribution in [2.75, 3.05) is 0 Å². The van der Waals surface area contributed by atoms with Gasteiger partial charge in [0.25, 0.3) is 0 Å². The molecule has 0 aliphatic heterocycles. The molecule has 1 fully saturated rings. The zero-order valence-corrected chi connectivity index (χ0v) is 8.79. The van der Waals surface area contributed by atoms with Crippen LogP contribution >= 0.6 is 0 Å². The predicted octanol–water partition coefficient (Wildman–Crippen LogP) is 1.70. The molecule has 0 radical (unpaired) electrons. The number of nitrogens with one attached hydrogen (secondary N) is 1. The zero-order chi connectivity index (χ0) is 10.2. The van der Waals surface area contributed by atoms with Crippen LogP contribution in [0, 0.1) is 11.3 Å². The third kappa shape index (κ3) is 1.83. The first-order valence-corrected chi connectivity index (χ1v) is 5.12. The minimum atomic E-state index is 0.344. The van der Waals surface area contributed by atoms with Crippen LogP contribution < -0.4 is 11.3 Å². The van der Waals surface area contributed by atoms with Crippen molar-refractivity contribution in [2.45, 2.75) is 32.7 Å². The van der Waals surface area contributed by atoms with Gasteiger partial charge in [0.05, 0.1) is 6.26 Å². The van der Waals surface area contributed by atoms with Gasteiger partial charge in [0.15, 0.2) is 0 Å². The van der Waals surface area contributed by atoms with Crippen molar-refractivity contribution in [3.8, 4) is 0 Å². The summed E-state index contributed by atoms with van der Waals surface area (Å²) in [4.78, 5) is 0. The third-order valence-corrected chi connectivity index (χ3v) is 3.29. The van der Waals surface area contributed by atoms with Crippen LogP contribution in [-0.4, -0.2) is 6.04 Å². The Hall–Kier alpha value is -0.800. The number of nitrogens with two attached hydrogens (primary N) is 1. The lowest BCUT2D eigenvalue weighted by molar-refractivity contribution is 0.379. The fourth-order valence-corrected chi connectivity index (χ4v) is 2.16. The first-order valence-electron chi connectivity index (χ1n) is 5.12. The van der Waals surface area contributed by atoms with Gasteiger partial charge in [0, 0.05) is 12.5 Å². The highest BCUT2D eigenvalue weighted by molar-refractivity contribution is 5.07. The largest absolute Gasteiger partial charge is 0.469 e. The van der Waals surface area contributed by atoms with E-state index in [0.717, 1.165) is 12.2 Å². The van der Waals surface area contributed by atoms with Gasteiger partial charge in [-0.05, 0) is 29.9 Å². The Bertz CT molecular complexity index is 292. The summed E-state index contributed by atoms with van der Waals surface area (Å²) >= 11 is 0. The molecule has 1 aliphatic rings. The van der Waals surface area contributed by atoms with Crippen LogP contribution in [0.15, 0.2) is 22.8 Å². The van der Waals surface area contributed by atoms with Crippen molar-refractivity contribution in [1.82, 2.24) is 5.43 Å². The van der Waals surface area contributed by atoms with Gasteiger partial charge in [-0.25, -0.2) is 0 Å². The predicted molar refractivity (Wildman–Crippen MR) is 55.4 cm³/mol. The van der Waals surface area contributed by atoms with Crippen molar-refractivity contribution in [1.29, 1.82) is 0 Å². The molecule has 0 spiro atoms. The van der Waals surface area contributed by atoms with E-state index in [1.807, 2.05) is 12.1 Å². The third-order valence-electron chi connectivity index (χ3n) is 3.29.